The van der Waals surface area contributed by atoms with Crippen molar-refractivity contribution in [1.29, 1.82) is 0 Å². The van der Waals surface area contributed by atoms with Crippen molar-refractivity contribution in [3.8, 4) is 10.8 Å². The zero-order chi connectivity index (χ0) is 18.6. The van der Waals surface area contributed by atoms with Crippen LogP contribution in [-0.4, -0.2) is 34.9 Å². The predicted octanol–water partition coefficient (Wildman–Crippen LogP) is 4.45. The van der Waals surface area contributed by atoms with E-state index >= 15 is 0 Å². The smallest absolute Gasteiger partial charge is 0.270 e. The van der Waals surface area contributed by atoms with E-state index < -0.39 is 0 Å². The number of piperidine rings is 1. The lowest BCUT2D eigenvalue weighted by Gasteiger charge is -2.32. The number of amides is 1. The molecule has 0 bridgehead atoms. The lowest BCUT2D eigenvalue weighted by atomic mass is 10.0. The van der Waals surface area contributed by atoms with E-state index in [2.05, 4.69) is 27.3 Å². The molecule has 3 aromatic rings. The number of nitrogens with zero attached hydrogens (tertiary/aromatic N) is 2. The summed E-state index contributed by atoms with van der Waals surface area (Å²) in [7, 11) is 0. The van der Waals surface area contributed by atoms with Gasteiger partial charge in [-0.1, -0.05) is 23.7 Å². The predicted molar refractivity (Wildman–Crippen MR) is 107 cm³/mol. The molecule has 0 radical (unpaired) electrons. The van der Waals surface area contributed by atoms with Crippen LogP contribution in [-0.2, 0) is 6.54 Å². The van der Waals surface area contributed by atoms with Crippen molar-refractivity contribution < 1.29 is 9.21 Å². The SMILES string of the molecule is O=C(NC1CCN(Cc2ccc(Cl)cc2)CC1)c1csc(-c2ccco2)n1. The molecule has 1 aliphatic heterocycles. The quantitative estimate of drug-likeness (QED) is 0.686. The molecule has 0 spiro atoms. The van der Waals surface area contributed by atoms with E-state index in [4.69, 9.17) is 16.0 Å². The number of aromatic nitrogens is 1. The Morgan fingerprint density at radius 3 is 2.74 bits per heavy atom. The van der Waals surface area contributed by atoms with Crippen molar-refractivity contribution in [3.05, 3.63) is 64.3 Å². The second-order valence-electron chi connectivity index (χ2n) is 6.67. The fourth-order valence-electron chi connectivity index (χ4n) is 3.23. The maximum atomic E-state index is 12.5. The molecule has 27 heavy (non-hydrogen) atoms. The number of likely N-dealkylation sites (tertiary alicyclic amines) is 1. The molecular weight excluding hydrogens is 382 g/mol. The van der Waals surface area contributed by atoms with Gasteiger partial charge in [0.1, 0.15) is 5.69 Å². The van der Waals surface area contributed by atoms with Crippen molar-refractivity contribution in [2.45, 2.75) is 25.4 Å². The molecule has 140 valence electrons. The maximum Gasteiger partial charge on any atom is 0.270 e. The summed E-state index contributed by atoms with van der Waals surface area (Å²) in [5.41, 5.74) is 1.71. The monoisotopic (exact) mass is 401 g/mol. The van der Waals surface area contributed by atoms with Crippen molar-refractivity contribution in [3.63, 3.8) is 0 Å². The Morgan fingerprint density at radius 2 is 2.04 bits per heavy atom. The highest BCUT2D eigenvalue weighted by Gasteiger charge is 2.22. The molecule has 1 saturated heterocycles. The van der Waals surface area contributed by atoms with Gasteiger partial charge in [-0.15, -0.1) is 11.3 Å². The topological polar surface area (TPSA) is 58.4 Å². The average Bonchev–Trinajstić information content (AvgIpc) is 3.36. The van der Waals surface area contributed by atoms with Crippen LogP contribution >= 0.6 is 22.9 Å². The number of hydrogen-bond donors (Lipinski definition) is 1. The van der Waals surface area contributed by atoms with Crippen LogP contribution in [0.3, 0.4) is 0 Å². The third-order valence-electron chi connectivity index (χ3n) is 4.71. The van der Waals surface area contributed by atoms with E-state index in [9.17, 15) is 4.79 Å². The molecule has 0 unspecified atom stereocenters. The number of hydrogen-bond acceptors (Lipinski definition) is 5. The van der Waals surface area contributed by atoms with Gasteiger partial charge in [0.25, 0.3) is 5.91 Å². The number of rotatable bonds is 5. The molecule has 1 fully saturated rings. The maximum absolute atomic E-state index is 12.5. The summed E-state index contributed by atoms with van der Waals surface area (Å²) < 4.78 is 5.33. The first-order valence-electron chi connectivity index (χ1n) is 8.94. The van der Waals surface area contributed by atoms with E-state index in [0.29, 0.717) is 11.5 Å². The van der Waals surface area contributed by atoms with Crippen molar-refractivity contribution in [1.82, 2.24) is 15.2 Å². The largest absolute Gasteiger partial charge is 0.462 e. The van der Waals surface area contributed by atoms with Gasteiger partial charge in [0, 0.05) is 36.1 Å². The van der Waals surface area contributed by atoms with Crippen LogP contribution in [0.4, 0.5) is 0 Å². The lowest BCUT2D eigenvalue weighted by molar-refractivity contribution is 0.0904. The zero-order valence-electron chi connectivity index (χ0n) is 14.7. The molecule has 0 saturated carbocycles. The standard InChI is InChI=1S/C20H20ClN3O2S/c21-15-5-3-14(4-6-15)12-24-9-7-16(8-10-24)22-19(25)17-13-27-20(23-17)18-2-1-11-26-18/h1-6,11,13,16H,7-10,12H2,(H,22,25). The lowest BCUT2D eigenvalue weighted by Crippen LogP contribution is -2.44. The fraction of sp³-hybridized carbons (Fsp3) is 0.300. The molecule has 0 atom stereocenters. The van der Waals surface area contributed by atoms with Gasteiger partial charge in [-0.2, -0.15) is 0 Å². The highest BCUT2D eigenvalue weighted by Crippen LogP contribution is 2.24. The van der Waals surface area contributed by atoms with Crippen LogP contribution in [0.15, 0.2) is 52.5 Å². The zero-order valence-corrected chi connectivity index (χ0v) is 16.3. The molecule has 4 rings (SSSR count). The average molecular weight is 402 g/mol. The van der Waals surface area contributed by atoms with Crippen LogP contribution < -0.4 is 5.32 Å². The van der Waals surface area contributed by atoms with Crippen molar-refractivity contribution in [2.75, 3.05) is 13.1 Å². The van der Waals surface area contributed by atoms with Gasteiger partial charge in [-0.25, -0.2) is 4.98 Å². The number of thiazole rings is 1. The van der Waals surface area contributed by atoms with Gasteiger partial charge in [0.2, 0.25) is 0 Å². The number of nitrogens with one attached hydrogen (secondary N) is 1. The summed E-state index contributed by atoms with van der Waals surface area (Å²) in [5.74, 6) is 0.578. The molecule has 1 aliphatic rings. The summed E-state index contributed by atoms with van der Waals surface area (Å²) in [5, 5.41) is 6.38. The van der Waals surface area contributed by atoms with E-state index in [1.54, 1.807) is 11.6 Å². The number of benzene rings is 1. The van der Waals surface area contributed by atoms with Crippen LogP contribution in [0.25, 0.3) is 10.8 Å². The Balaban J connectivity index is 1.27. The molecule has 5 nitrogen and oxygen atoms in total. The van der Waals surface area contributed by atoms with Crippen molar-refractivity contribution in [2.24, 2.45) is 0 Å². The Kier molecular flexibility index (Phi) is 5.57. The second kappa shape index (κ2) is 8.25. The molecule has 3 heterocycles. The summed E-state index contributed by atoms with van der Waals surface area (Å²) >= 11 is 7.36. The molecule has 0 aliphatic carbocycles. The van der Waals surface area contributed by atoms with Crippen LogP contribution in [0.2, 0.25) is 5.02 Å². The van der Waals surface area contributed by atoms with Gasteiger partial charge < -0.3 is 9.73 Å². The minimum atomic E-state index is -0.111. The Morgan fingerprint density at radius 1 is 1.26 bits per heavy atom. The van der Waals surface area contributed by atoms with E-state index in [1.165, 1.54) is 16.9 Å². The number of halogens is 1. The molecular formula is C20H20ClN3O2S. The molecule has 1 aromatic carbocycles. The number of furan rings is 1. The van der Waals surface area contributed by atoms with Gasteiger partial charge in [0.15, 0.2) is 10.8 Å². The van der Waals surface area contributed by atoms with Gasteiger partial charge in [-0.05, 0) is 42.7 Å². The summed E-state index contributed by atoms with van der Waals surface area (Å²) in [6, 6.07) is 11.8. The van der Waals surface area contributed by atoms with Crippen molar-refractivity contribution >= 4 is 28.8 Å². The van der Waals surface area contributed by atoms with Gasteiger partial charge in [-0.3, -0.25) is 9.69 Å². The van der Waals surface area contributed by atoms with Crippen LogP contribution in [0.1, 0.15) is 28.9 Å². The first kappa shape index (κ1) is 18.2. The summed E-state index contributed by atoms with van der Waals surface area (Å²) in [4.78, 5) is 19.3. The molecule has 1 N–H and O–H groups in total. The number of carbonyl (C=O) groups excluding carboxylic acids is 1. The van der Waals surface area contributed by atoms with E-state index in [-0.39, 0.29) is 11.9 Å². The molecule has 7 heteroatoms. The highest BCUT2D eigenvalue weighted by molar-refractivity contribution is 7.13. The van der Waals surface area contributed by atoms with Crippen LogP contribution in [0.5, 0.6) is 0 Å². The fourth-order valence-corrected chi connectivity index (χ4v) is 4.13. The summed E-state index contributed by atoms with van der Waals surface area (Å²) in [6.07, 6.45) is 3.48. The molecule has 2 aromatic heterocycles. The third-order valence-corrected chi connectivity index (χ3v) is 5.82. The Bertz CT molecular complexity index is 884. The minimum Gasteiger partial charge on any atom is -0.462 e. The third kappa shape index (κ3) is 4.58. The van der Waals surface area contributed by atoms with Gasteiger partial charge in [0.05, 0.1) is 6.26 Å². The first-order valence-corrected chi connectivity index (χ1v) is 10.2. The van der Waals surface area contributed by atoms with E-state index in [1.807, 2.05) is 24.3 Å². The first-order chi connectivity index (χ1) is 13.2. The minimum absolute atomic E-state index is 0.111. The normalized spacial score (nSPS) is 15.7. The Hall–Kier alpha value is -2.15. The van der Waals surface area contributed by atoms with Crippen LogP contribution in [0, 0.1) is 0 Å². The summed E-state index contributed by atoms with van der Waals surface area (Å²) in [6.45, 7) is 2.83. The Labute approximate surface area is 167 Å². The highest BCUT2D eigenvalue weighted by atomic mass is 35.5. The number of carbonyl (C=O) groups is 1. The van der Waals surface area contributed by atoms with E-state index in [0.717, 1.165) is 42.5 Å². The second-order valence-corrected chi connectivity index (χ2v) is 7.96. The molecule has 1 amide bonds. The van der Waals surface area contributed by atoms with Gasteiger partial charge >= 0.3 is 0 Å².